The van der Waals surface area contributed by atoms with E-state index in [2.05, 4.69) is 5.32 Å². The number of nitrogen functional groups attached to an aromatic ring is 1. The van der Waals surface area contributed by atoms with Crippen LogP contribution in [0.5, 0.6) is 0 Å². The van der Waals surface area contributed by atoms with Crippen LogP contribution in [0.3, 0.4) is 0 Å². The molecular formula is C14H13ClN2O3S. The van der Waals surface area contributed by atoms with Gasteiger partial charge in [-0.3, -0.25) is 4.79 Å². The predicted octanol–water partition coefficient (Wildman–Crippen LogP) is 2.58. The number of halogens is 1. The Balaban J connectivity index is 2.20. The van der Waals surface area contributed by atoms with Crippen LogP contribution in [0.25, 0.3) is 0 Å². The summed E-state index contributed by atoms with van der Waals surface area (Å²) in [6, 6.07) is 10.4. The van der Waals surface area contributed by atoms with Crippen molar-refractivity contribution in [1.29, 1.82) is 0 Å². The Morgan fingerprint density at radius 1 is 1.14 bits per heavy atom. The number of hydrogen-bond donors (Lipinski definition) is 2. The first-order valence-corrected chi connectivity index (χ1v) is 8.20. The van der Waals surface area contributed by atoms with Gasteiger partial charge in [0.15, 0.2) is 9.84 Å². The lowest BCUT2D eigenvalue weighted by Crippen LogP contribution is -2.12. The van der Waals surface area contributed by atoms with Crippen molar-refractivity contribution in [1.82, 2.24) is 0 Å². The standard InChI is InChI=1S/C14H13ClN2O3S/c1-21(19,20)13-4-2-12(3-5-13)17-14(18)9-6-10(15)8-11(16)7-9/h2-8H,16H2,1H3,(H,17,18). The van der Waals surface area contributed by atoms with Crippen molar-refractivity contribution in [2.75, 3.05) is 17.3 Å². The molecule has 2 aromatic rings. The van der Waals surface area contributed by atoms with Crippen LogP contribution in [0.15, 0.2) is 47.4 Å². The Labute approximate surface area is 127 Å². The molecule has 0 unspecified atom stereocenters. The van der Waals surface area contributed by atoms with E-state index >= 15 is 0 Å². The van der Waals surface area contributed by atoms with Crippen LogP contribution >= 0.6 is 11.6 Å². The van der Waals surface area contributed by atoms with Gasteiger partial charge in [-0.1, -0.05) is 11.6 Å². The van der Waals surface area contributed by atoms with Gasteiger partial charge >= 0.3 is 0 Å². The van der Waals surface area contributed by atoms with Crippen LogP contribution in [0.4, 0.5) is 11.4 Å². The summed E-state index contributed by atoms with van der Waals surface area (Å²) in [6.45, 7) is 0. The number of carbonyl (C=O) groups is 1. The molecule has 7 heteroatoms. The van der Waals surface area contributed by atoms with Gasteiger partial charge in [-0.25, -0.2) is 8.42 Å². The van der Waals surface area contributed by atoms with Crippen LogP contribution in [0.2, 0.25) is 5.02 Å². The summed E-state index contributed by atoms with van der Waals surface area (Å²) in [5.74, 6) is -0.378. The monoisotopic (exact) mass is 324 g/mol. The molecule has 0 saturated carbocycles. The third-order valence-electron chi connectivity index (χ3n) is 2.72. The first-order valence-electron chi connectivity index (χ1n) is 5.93. The maximum atomic E-state index is 12.1. The molecule has 2 aromatic carbocycles. The molecule has 1 amide bonds. The third kappa shape index (κ3) is 3.96. The van der Waals surface area contributed by atoms with E-state index in [0.717, 1.165) is 6.26 Å². The summed E-state index contributed by atoms with van der Waals surface area (Å²) in [6.07, 6.45) is 1.12. The molecule has 110 valence electrons. The van der Waals surface area contributed by atoms with E-state index in [9.17, 15) is 13.2 Å². The Morgan fingerprint density at radius 3 is 2.29 bits per heavy atom. The number of carbonyl (C=O) groups excluding carboxylic acids is 1. The quantitative estimate of drug-likeness (QED) is 0.849. The Kier molecular flexibility index (Phi) is 4.20. The topological polar surface area (TPSA) is 89.3 Å². The second-order valence-corrected chi connectivity index (χ2v) is 6.98. The minimum Gasteiger partial charge on any atom is -0.399 e. The summed E-state index contributed by atoms with van der Waals surface area (Å²) in [7, 11) is -3.26. The van der Waals surface area contributed by atoms with E-state index in [-0.39, 0.29) is 10.8 Å². The number of rotatable bonds is 3. The highest BCUT2D eigenvalue weighted by Crippen LogP contribution is 2.19. The van der Waals surface area contributed by atoms with Gasteiger partial charge in [-0.15, -0.1) is 0 Å². The number of benzene rings is 2. The molecule has 0 radical (unpaired) electrons. The maximum absolute atomic E-state index is 12.1. The highest BCUT2D eigenvalue weighted by atomic mass is 35.5. The Hall–Kier alpha value is -2.05. The average molecular weight is 325 g/mol. The molecule has 0 saturated heterocycles. The first-order chi connectivity index (χ1) is 9.75. The van der Waals surface area contributed by atoms with Crippen molar-refractivity contribution in [2.24, 2.45) is 0 Å². The second-order valence-electron chi connectivity index (χ2n) is 4.52. The van der Waals surface area contributed by atoms with Crippen LogP contribution in [0.1, 0.15) is 10.4 Å². The van der Waals surface area contributed by atoms with Crippen LogP contribution in [-0.2, 0) is 9.84 Å². The van der Waals surface area contributed by atoms with Crippen molar-refractivity contribution in [3.63, 3.8) is 0 Å². The number of nitrogens with two attached hydrogens (primary N) is 1. The van der Waals surface area contributed by atoms with Crippen LogP contribution < -0.4 is 11.1 Å². The molecule has 0 aliphatic rings. The summed E-state index contributed by atoms with van der Waals surface area (Å²) in [5.41, 5.74) is 6.82. The molecule has 0 aliphatic carbocycles. The Bertz CT molecular complexity index is 766. The lowest BCUT2D eigenvalue weighted by molar-refractivity contribution is 0.102. The van der Waals surface area contributed by atoms with Gasteiger partial charge in [-0.2, -0.15) is 0 Å². The summed E-state index contributed by atoms with van der Waals surface area (Å²) < 4.78 is 22.7. The zero-order chi connectivity index (χ0) is 15.6. The van der Waals surface area contributed by atoms with Crippen LogP contribution in [-0.4, -0.2) is 20.6 Å². The highest BCUT2D eigenvalue weighted by molar-refractivity contribution is 7.90. The summed E-state index contributed by atoms with van der Waals surface area (Å²) >= 11 is 5.84. The van der Waals surface area contributed by atoms with E-state index in [1.54, 1.807) is 6.07 Å². The molecule has 2 rings (SSSR count). The molecule has 21 heavy (non-hydrogen) atoms. The molecular weight excluding hydrogens is 312 g/mol. The lowest BCUT2D eigenvalue weighted by atomic mass is 10.2. The van der Waals surface area contributed by atoms with Crippen molar-refractivity contribution >= 4 is 38.7 Å². The van der Waals surface area contributed by atoms with Gasteiger partial charge in [0.05, 0.1) is 4.90 Å². The number of sulfone groups is 1. The number of amides is 1. The van der Waals surface area contributed by atoms with Crippen LogP contribution in [0, 0.1) is 0 Å². The number of anilines is 2. The van der Waals surface area contributed by atoms with Gasteiger partial charge in [0, 0.05) is 28.2 Å². The predicted molar refractivity (Wildman–Crippen MR) is 83.4 cm³/mol. The molecule has 0 aliphatic heterocycles. The number of nitrogens with one attached hydrogen (secondary N) is 1. The minimum atomic E-state index is -3.26. The SMILES string of the molecule is CS(=O)(=O)c1ccc(NC(=O)c2cc(N)cc(Cl)c2)cc1. The smallest absolute Gasteiger partial charge is 0.255 e. The maximum Gasteiger partial charge on any atom is 0.255 e. The molecule has 0 bridgehead atoms. The average Bonchev–Trinajstić information content (AvgIpc) is 2.37. The molecule has 0 spiro atoms. The lowest BCUT2D eigenvalue weighted by Gasteiger charge is -2.07. The summed E-state index contributed by atoms with van der Waals surface area (Å²) in [4.78, 5) is 12.2. The van der Waals surface area contributed by atoms with Gasteiger partial charge in [-0.05, 0) is 42.5 Å². The third-order valence-corrected chi connectivity index (χ3v) is 4.07. The fraction of sp³-hybridized carbons (Fsp3) is 0.0714. The second kappa shape index (κ2) is 5.75. The Morgan fingerprint density at radius 2 is 1.76 bits per heavy atom. The van der Waals surface area contributed by atoms with Crippen molar-refractivity contribution in [3.05, 3.63) is 53.1 Å². The van der Waals surface area contributed by atoms with Crippen molar-refractivity contribution < 1.29 is 13.2 Å². The van der Waals surface area contributed by atoms with E-state index in [4.69, 9.17) is 17.3 Å². The van der Waals surface area contributed by atoms with E-state index in [1.165, 1.54) is 36.4 Å². The van der Waals surface area contributed by atoms with Gasteiger partial charge < -0.3 is 11.1 Å². The zero-order valence-electron chi connectivity index (χ0n) is 11.1. The molecule has 0 fully saturated rings. The molecule has 0 heterocycles. The van der Waals surface area contributed by atoms with Crippen molar-refractivity contribution in [2.45, 2.75) is 4.90 Å². The highest BCUT2D eigenvalue weighted by Gasteiger charge is 2.10. The molecule has 5 nitrogen and oxygen atoms in total. The molecule has 0 aromatic heterocycles. The van der Waals surface area contributed by atoms with E-state index in [1.807, 2.05) is 0 Å². The first kappa shape index (κ1) is 15.3. The van der Waals surface area contributed by atoms with Gasteiger partial charge in [0.1, 0.15) is 0 Å². The molecule has 0 atom stereocenters. The zero-order valence-corrected chi connectivity index (χ0v) is 12.7. The fourth-order valence-electron chi connectivity index (χ4n) is 1.73. The van der Waals surface area contributed by atoms with E-state index in [0.29, 0.717) is 22.0 Å². The van der Waals surface area contributed by atoms with Crippen molar-refractivity contribution in [3.8, 4) is 0 Å². The fourth-order valence-corrected chi connectivity index (χ4v) is 2.61. The molecule has 3 N–H and O–H groups in total. The van der Waals surface area contributed by atoms with Gasteiger partial charge in [0.25, 0.3) is 5.91 Å². The minimum absolute atomic E-state index is 0.187. The summed E-state index contributed by atoms with van der Waals surface area (Å²) in [5, 5.41) is 3.01. The largest absolute Gasteiger partial charge is 0.399 e. The number of hydrogen-bond acceptors (Lipinski definition) is 4. The van der Waals surface area contributed by atoms with Gasteiger partial charge in [0.2, 0.25) is 0 Å². The van der Waals surface area contributed by atoms with E-state index < -0.39 is 9.84 Å². The normalized spacial score (nSPS) is 11.1.